The van der Waals surface area contributed by atoms with Crippen molar-refractivity contribution in [3.05, 3.63) is 0 Å². The van der Waals surface area contributed by atoms with Crippen LogP contribution < -0.4 is 0 Å². The molecule has 3 fully saturated rings. The SMILES string of the molecule is CN(C)S(=O)(=O)N1C[C@@H]2COC[C@]2(CN2CCCCC2)C1. The van der Waals surface area contributed by atoms with Crippen molar-refractivity contribution in [3.63, 3.8) is 0 Å². The Kier molecular flexibility index (Phi) is 4.31. The third-order valence-electron chi connectivity index (χ3n) is 5.26. The van der Waals surface area contributed by atoms with Crippen LogP contribution in [-0.2, 0) is 14.9 Å². The van der Waals surface area contributed by atoms with Crippen LogP contribution >= 0.6 is 0 Å². The lowest BCUT2D eigenvalue weighted by Gasteiger charge is -2.36. The summed E-state index contributed by atoms with van der Waals surface area (Å²) in [7, 11) is -0.0883. The second-order valence-corrected chi connectivity index (χ2v) is 9.14. The first-order valence-electron chi connectivity index (χ1n) is 7.92. The highest BCUT2D eigenvalue weighted by Crippen LogP contribution is 2.43. The Labute approximate surface area is 128 Å². The molecule has 2 atom stereocenters. The lowest BCUT2D eigenvalue weighted by Crippen LogP contribution is -2.46. The predicted octanol–water partition coefficient (Wildman–Crippen LogP) is 0.227. The quantitative estimate of drug-likeness (QED) is 0.745. The molecular weight excluding hydrogens is 290 g/mol. The van der Waals surface area contributed by atoms with Gasteiger partial charge in [0.2, 0.25) is 0 Å². The van der Waals surface area contributed by atoms with E-state index in [0.717, 1.165) is 19.6 Å². The standard InChI is InChI=1S/C14H27N3O3S/c1-15(2)21(18,19)17-8-13-9-20-12-14(13,11-17)10-16-6-4-3-5-7-16/h13H,3-12H2,1-2H3/t13-,14+/m1/s1. The number of hydrogen-bond donors (Lipinski definition) is 0. The van der Waals surface area contributed by atoms with Crippen molar-refractivity contribution in [2.24, 2.45) is 11.3 Å². The second-order valence-electron chi connectivity index (χ2n) is 6.99. The Hall–Kier alpha value is -0.210. The fraction of sp³-hybridized carbons (Fsp3) is 1.00. The van der Waals surface area contributed by atoms with E-state index >= 15 is 0 Å². The number of nitrogens with zero attached hydrogens (tertiary/aromatic N) is 3. The first kappa shape index (κ1) is 15.7. The van der Waals surface area contributed by atoms with E-state index in [-0.39, 0.29) is 5.41 Å². The smallest absolute Gasteiger partial charge is 0.281 e. The molecule has 3 rings (SSSR count). The van der Waals surface area contributed by atoms with Crippen molar-refractivity contribution in [2.45, 2.75) is 19.3 Å². The van der Waals surface area contributed by atoms with E-state index in [1.54, 1.807) is 18.4 Å². The lowest BCUT2D eigenvalue weighted by molar-refractivity contribution is 0.0957. The van der Waals surface area contributed by atoms with Gasteiger partial charge in [0.15, 0.2) is 0 Å². The van der Waals surface area contributed by atoms with E-state index < -0.39 is 10.2 Å². The van der Waals surface area contributed by atoms with Gasteiger partial charge < -0.3 is 9.64 Å². The topological polar surface area (TPSA) is 53.1 Å². The minimum absolute atomic E-state index is 0.000417. The minimum atomic E-state index is -3.31. The summed E-state index contributed by atoms with van der Waals surface area (Å²) in [6.07, 6.45) is 3.85. The van der Waals surface area contributed by atoms with E-state index in [4.69, 9.17) is 4.74 Å². The molecule has 0 aromatic carbocycles. The normalized spacial score (nSPS) is 35.5. The second kappa shape index (κ2) is 5.77. The molecule has 0 spiro atoms. The zero-order valence-corrected chi connectivity index (χ0v) is 13.9. The van der Waals surface area contributed by atoms with Crippen LogP contribution in [0.4, 0.5) is 0 Å². The van der Waals surface area contributed by atoms with Gasteiger partial charge in [0.1, 0.15) is 0 Å². The van der Waals surface area contributed by atoms with E-state index in [0.29, 0.717) is 32.2 Å². The Morgan fingerprint density at radius 3 is 2.62 bits per heavy atom. The van der Waals surface area contributed by atoms with Gasteiger partial charge in [0.25, 0.3) is 10.2 Å². The summed E-state index contributed by atoms with van der Waals surface area (Å²) in [5.41, 5.74) is 0.000417. The Bertz CT molecular complexity index is 476. The van der Waals surface area contributed by atoms with Gasteiger partial charge in [0.05, 0.1) is 13.2 Å². The largest absolute Gasteiger partial charge is 0.380 e. The summed E-state index contributed by atoms with van der Waals surface area (Å²) >= 11 is 0. The molecule has 6 nitrogen and oxygen atoms in total. The van der Waals surface area contributed by atoms with E-state index in [1.165, 1.54) is 23.6 Å². The molecule has 0 bridgehead atoms. The minimum Gasteiger partial charge on any atom is -0.380 e. The molecule has 0 aromatic heterocycles. The third-order valence-corrected chi connectivity index (χ3v) is 7.12. The summed E-state index contributed by atoms with van der Waals surface area (Å²) < 4.78 is 33.5. The number of likely N-dealkylation sites (tertiary alicyclic amines) is 1. The summed E-state index contributed by atoms with van der Waals surface area (Å²) in [5, 5.41) is 0. The van der Waals surface area contributed by atoms with Crippen molar-refractivity contribution in [1.82, 2.24) is 13.5 Å². The lowest BCUT2D eigenvalue weighted by atomic mass is 9.80. The molecular formula is C14H27N3O3S. The summed E-state index contributed by atoms with van der Waals surface area (Å²) in [6, 6.07) is 0. The van der Waals surface area contributed by atoms with Crippen LogP contribution in [0.2, 0.25) is 0 Å². The van der Waals surface area contributed by atoms with Gasteiger partial charge >= 0.3 is 0 Å². The predicted molar refractivity (Wildman–Crippen MR) is 81.2 cm³/mol. The van der Waals surface area contributed by atoms with Crippen LogP contribution in [0.3, 0.4) is 0 Å². The highest BCUT2D eigenvalue weighted by molar-refractivity contribution is 7.86. The van der Waals surface area contributed by atoms with Crippen LogP contribution in [0, 0.1) is 11.3 Å². The van der Waals surface area contributed by atoms with Gasteiger partial charge in [-0.3, -0.25) is 0 Å². The molecule has 0 aromatic rings. The molecule has 0 unspecified atom stereocenters. The van der Waals surface area contributed by atoms with Gasteiger partial charge in [0, 0.05) is 45.1 Å². The van der Waals surface area contributed by atoms with Crippen LogP contribution in [0.5, 0.6) is 0 Å². The first-order chi connectivity index (χ1) is 9.94. The van der Waals surface area contributed by atoms with Gasteiger partial charge in [-0.15, -0.1) is 0 Å². The van der Waals surface area contributed by atoms with Gasteiger partial charge in [-0.1, -0.05) is 6.42 Å². The van der Waals surface area contributed by atoms with Crippen LogP contribution in [-0.4, -0.2) is 82.0 Å². The third kappa shape index (κ3) is 2.86. The van der Waals surface area contributed by atoms with Gasteiger partial charge in [-0.2, -0.15) is 17.0 Å². The zero-order valence-electron chi connectivity index (χ0n) is 13.1. The fourth-order valence-electron chi connectivity index (χ4n) is 3.98. The molecule has 3 aliphatic heterocycles. The molecule has 3 heterocycles. The van der Waals surface area contributed by atoms with Crippen LogP contribution in [0.15, 0.2) is 0 Å². The number of hydrogen-bond acceptors (Lipinski definition) is 4. The van der Waals surface area contributed by atoms with Crippen LogP contribution in [0.1, 0.15) is 19.3 Å². The van der Waals surface area contributed by atoms with Gasteiger partial charge in [-0.25, -0.2) is 0 Å². The zero-order chi connectivity index (χ0) is 15.1. The number of piperidine rings is 1. The molecule has 3 aliphatic rings. The Morgan fingerprint density at radius 1 is 1.24 bits per heavy atom. The van der Waals surface area contributed by atoms with Gasteiger partial charge in [-0.05, 0) is 25.9 Å². The number of fused-ring (bicyclic) bond motifs is 1. The molecule has 0 saturated carbocycles. The molecule has 0 aliphatic carbocycles. The number of rotatable bonds is 4. The number of ether oxygens (including phenoxy) is 1. The van der Waals surface area contributed by atoms with Crippen LogP contribution in [0.25, 0.3) is 0 Å². The Morgan fingerprint density at radius 2 is 1.95 bits per heavy atom. The molecule has 7 heteroatoms. The summed E-state index contributed by atoms with van der Waals surface area (Å²) in [5.74, 6) is 0.342. The molecule has 0 amide bonds. The fourth-order valence-corrected chi connectivity index (χ4v) is 5.23. The van der Waals surface area contributed by atoms with Crippen molar-refractivity contribution >= 4 is 10.2 Å². The van der Waals surface area contributed by atoms with E-state index in [9.17, 15) is 8.42 Å². The van der Waals surface area contributed by atoms with Crippen molar-refractivity contribution in [1.29, 1.82) is 0 Å². The first-order valence-corrected chi connectivity index (χ1v) is 9.31. The van der Waals surface area contributed by atoms with Crippen molar-refractivity contribution in [2.75, 3.05) is 60.0 Å². The van der Waals surface area contributed by atoms with Crippen molar-refractivity contribution < 1.29 is 13.2 Å². The van der Waals surface area contributed by atoms with E-state index in [1.807, 2.05) is 0 Å². The average Bonchev–Trinajstić information content (AvgIpc) is 2.96. The molecule has 3 saturated heterocycles. The average molecular weight is 317 g/mol. The van der Waals surface area contributed by atoms with Crippen molar-refractivity contribution in [3.8, 4) is 0 Å². The maximum atomic E-state index is 12.4. The molecule has 0 radical (unpaired) electrons. The van der Waals surface area contributed by atoms with E-state index in [2.05, 4.69) is 4.90 Å². The Balaban J connectivity index is 1.74. The molecule has 0 N–H and O–H groups in total. The summed E-state index contributed by atoms with van der Waals surface area (Å²) in [4.78, 5) is 2.51. The maximum absolute atomic E-state index is 12.4. The monoisotopic (exact) mass is 317 g/mol. The highest BCUT2D eigenvalue weighted by atomic mass is 32.2. The molecule has 122 valence electrons. The summed E-state index contributed by atoms with van der Waals surface area (Å²) in [6.45, 7) is 5.89. The highest BCUT2D eigenvalue weighted by Gasteiger charge is 2.54. The maximum Gasteiger partial charge on any atom is 0.281 e. The molecule has 21 heavy (non-hydrogen) atoms.